The van der Waals surface area contributed by atoms with E-state index in [-0.39, 0.29) is 30.8 Å². The zero-order chi connectivity index (χ0) is 44.6. The maximum atomic E-state index is 14.3. The summed E-state index contributed by atoms with van der Waals surface area (Å²) in [5, 5.41) is 5.85. The molecule has 3 heterocycles. The number of nitrogens with zero attached hydrogens (tertiary/aromatic N) is 4. The first-order chi connectivity index (χ1) is 29.3. The second-order valence-corrected chi connectivity index (χ2v) is 22.2. The Morgan fingerprint density at radius 2 is 1.81 bits per heavy atom. The molecule has 1 aromatic carbocycles. The van der Waals surface area contributed by atoms with Crippen LogP contribution < -0.4 is 20.5 Å². The number of imidazole rings is 1. The van der Waals surface area contributed by atoms with Crippen molar-refractivity contribution in [1.82, 2.24) is 29.5 Å². The lowest BCUT2D eigenvalue weighted by Gasteiger charge is -2.28. The van der Waals surface area contributed by atoms with Crippen LogP contribution in [0.4, 0.5) is 4.79 Å². The molecule has 7 rings (SSSR count). The van der Waals surface area contributed by atoms with Crippen molar-refractivity contribution in [2.45, 2.75) is 166 Å². The summed E-state index contributed by atoms with van der Waals surface area (Å²) < 4.78 is 40.5. The monoisotopic (exact) mass is 893 g/mol. The molecule has 4 amide bonds. The molecule has 2 aromatic heterocycles. The van der Waals surface area contributed by atoms with Crippen molar-refractivity contribution in [3.8, 4) is 16.6 Å². The normalized spacial score (nSPS) is 22.9. The van der Waals surface area contributed by atoms with E-state index in [2.05, 4.69) is 29.3 Å². The van der Waals surface area contributed by atoms with Gasteiger partial charge in [-0.2, -0.15) is 4.98 Å². The van der Waals surface area contributed by atoms with Gasteiger partial charge in [0.25, 0.3) is 6.01 Å². The van der Waals surface area contributed by atoms with Crippen molar-refractivity contribution in [2.75, 3.05) is 6.54 Å². The lowest BCUT2D eigenvalue weighted by molar-refractivity contribution is -0.139. The van der Waals surface area contributed by atoms with E-state index in [9.17, 15) is 27.6 Å². The number of primary amides is 1. The molecule has 5 unspecified atom stereocenters. The summed E-state index contributed by atoms with van der Waals surface area (Å²) in [5.74, 6) is -1.35. The van der Waals surface area contributed by atoms with Crippen LogP contribution in [-0.2, 0) is 29.1 Å². The molecular formula is C45H63N7O8S2. The van der Waals surface area contributed by atoms with Crippen LogP contribution in [0.5, 0.6) is 6.01 Å². The summed E-state index contributed by atoms with van der Waals surface area (Å²) in [4.78, 5) is 64.3. The summed E-state index contributed by atoms with van der Waals surface area (Å²) in [7, 11) is -3.65. The van der Waals surface area contributed by atoms with E-state index in [4.69, 9.17) is 25.2 Å². The molecule has 1 saturated heterocycles. The number of thiazole rings is 1. The highest BCUT2D eigenvalue weighted by molar-refractivity contribution is 7.91. The average Bonchev–Trinajstić information content (AvgIpc) is 3.75. The summed E-state index contributed by atoms with van der Waals surface area (Å²) in [6, 6.07) is 4.49. The number of sulfonamides is 1. The fourth-order valence-electron chi connectivity index (χ4n) is 8.69. The number of unbranched alkanes of at least 4 members (excludes halogenated alkanes) is 3. The van der Waals surface area contributed by atoms with E-state index < -0.39 is 62.4 Å². The Hall–Kier alpha value is -4.51. The smallest absolute Gasteiger partial charge is 0.408 e. The highest BCUT2D eigenvalue weighted by Crippen LogP contribution is 2.45. The van der Waals surface area contributed by atoms with Gasteiger partial charge in [0, 0.05) is 35.2 Å². The first kappa shape index (κ1) is 45.5. The van der Waals surface area contributed by atoms with E-state index in [1.807, 2.05) is 34.9 Å². The minimum absolute atomic E-state index is 0.0155. The summed E-state index contributed by atoms with van der Waals surface area (Å²) in [6.45, 7) is 11.1. The number of rotatable bonds is 18. The fraction of sp³-hybridized carbons (Fsp3) is 0.644. The Bertz CT molecular complexity index is 2290. The molecule has 0 bridgehead atoms. The summed E-state index contributed by atoms with van der Waals surface area (Å²) in [6.07, 6.45) is 12.6. The fourth-order valence-corrected chi connectivity index (χ4v) is 10.9. The van der Waals surface area contributed by atoms with Crippen LogP contribution in [0.1, 0.15) is 143 Å². The Labute approximate surface area is 369 Å². The number of fused-ring (bicyclic) bond motifs is 1. The maximum absolute atomic E-state index is 14.3. The van der Waals surface area contributed by atoms with Crippen LogP contribution in [0.15, 0.2) is 35.7 Å². The molecule has 15 nitrogen and oxygen atoms in total. The van der Waals surface area contributed by atoms with E-state index in [1.54, 1.807) is 39.0 Å². The zero-order valence-corrected chi connectivity index (χ0v) is 38.5. The van der Waals surface area contributed by atoms with Gasteiger partial charge in [-0.3, -0.25) is 23.7 Å². The number of hydrogen-bond donors (Lipinski definition) is 3. The molecule has 0 radical (unpaired) electrons. The van der Waals surface area contributed by atoms with Crippen molar-refractivity contribution in [3.63, 3.8) is 0 Å². The van der Waals surface area contributed by atoms with Gasteiger partial charge in [0.2, 0.25) is 27.7 Å². The number of carbonyl (C=O) groups excluding carboxylic acids is 4. The molecule has 338 valence electrons. The number of likely N-dealkylation sites (tertiary alicyclic amines) is 1. The number of nitrogens with two attached hydrogens (primary N) is 1. The molecule has 17 heteroatoms. The second-order valence-electron chi connectivity index (χ2n) is 19.2. The third-order valence-electron chi connectivity index (χ3n) is 12.6. The molecule has 3 aliphatic carbocycles. The van der Waals surface area contributed by atoms with E-state index in [0.29, 0.717) is 44.0 Å². The minimum Gasteiger partial charge on any atom is -0.459 e. The predicted molar refractivity (Wildman–Crippen MR) is 238 cm³/mol. The number of para-hydroxylation sites is 1. The molecule has 3 saturated carbocycles. The van der Waals surface area contributed by atoms with Crippen LogP contribution in [0.25, 0.3) is 21.6 Å². The second kappa shape index (κ2) is 18.3. The largest absolute Gasteiger partial charge is 0.459 e. The summed E-state index contributed by atoms with van der Waals surface area (Å²) in [5.41, 5.74) is 8.87. The SMILES string of the molecule is CC(C)n1c(OC2CC(C(N)=O)N(C(=O)C(CCCCCC=CC3CC3C(=O)NS(=O)(=O)C3(C)CC3)NC(=O)OC(C)(C)C)C2)nc2c(-c3nc(C4CCCC4)cs3)cccc21. The number of benzene rings is 1. The highest BCUT2D eigenvalue weighted by Gasteiger charge is 2.52. The Morgan fingerprint density at radius 1 is 1.06 bits per heavy atom. The van der Waals surface area contributed by atoms with Crippen molar-refractivity contribution >= 4 is 56.2 Å². The van der Waals surface area contributed by atoms with Crippen molar-refractivity contribution < 1.29 is 37.1 Å². The highest BCUT2D eigenvalue weighted by atomic mass is 32.2. The number of ether oxygens (including phenoxy) is 2. The number of nitrogens with one attached hydrogen (secondary N) is 2. The van der Waals surface area contributed by atoms with Gasteiger partial charge in [-0.25, -0.2) is 18.2 Å². The zero-order valence-electron chi connectivity index (χ0n) is 36.9. The third kappa shape index (κ3) is 10.5. The van der Waals surface area contributed by atoms with Crippen molar-refractivity contribution in [2.24, 2.45) is 17.6 Å². The average molecular weight is 894 g/mol. The van der Waals surface area contributed by atoms with Crippen LogP contribution in [-0.4, -0.2) is 86.7 Å². The Morgan fingerprint density at radius 3 is 2.48 bits per heavy atom. The van der Waals surface area contributed by atoms with E-state index in [1.165, 1.54) is 30.6 Å². The lowest BCUT2D eigenvalue weighted by atomic mass is 10.0. The minimum atomic E-state index is -3.65. The molecular weight excluding hydrogens is 831 g/mol. The van der Waals surface area contributed by atoms with Gasteiger partial charge in [0.05, 0.1) is 22.5 Å². The molecule has 1 aliphatic heterocycles. The standard InChI is InChI=1S/C45H63N7O8S2/c1-27(2)52-35-20-14-18-31(40-47-34(26-61-40)28-15-12-13-16-28)37(35)49-42(52)59-30-24-36(38(46)53)51(25-30)41(55)33(48-43(56)60-44(3,4)5)19-11-9-7-8-10-17-29-23-32(29)39(54)50-62(57,58)45(6)21-22-45/h10,14,17-18,20,26-30,32-33,36H,7-9,11-13,15-16,19,21-25H2,1-6H3,(H2,46,53)(H,48,56)(H,50,54). The van der Waals surface area contributed by atoms with Gasteiger partial charge in [0.15, 0.2) is 0 Å². The molecule has 4 fully saturated rings. The predicted octanol–water partition coefficient (Wildman–Crippen LogP) is 7.27. The number of hydrogen-bond acceptors (Lipinski definition) is 11. The lowest BCUT2D eigenvalue weighted by Crippen LogP contribution is -2.53. The molecule has 3 aromatic rings. The van der Waals surface area contributed by atoms with E-state index >= 15 is 0 Å². The number of carbonyl (C=O) groups is 4. The van der Waals surface area contributed by atoms with Crippen LogP contribution in [0, 0.1) is 11.8 Å². The van der Waals surface area contributed by atoms with Gasteiger partial charge in [-0.15, -0.1) is 11.3 Å². The molecule has 0 spiro atoms. The molecule has 4 aliphatic rings. The van der Waals surface area contributed by atoms with Gasteiger partial charge in [0.1, 0.15) is 34.3 Å². The number of aromatic nitrogens is 3. The number of allylic oxidation sites excluding steroid dienone is 2. The van der Waals surface area contributed by atoms with Gasteiger partial charge in [-0.1, -0.05) is 43.9 Å². The van der Waals surface area contributed by atoms with Crippen LogP contribution >= 0.6 is 11.3 Å². The maximum Gasteiger partial charge on any atom is 0.408 e. The van der Waals surface area contributed by atoms with Gasteiger partial charge in [-0.05, 0) is 111 Å². The Kier molecular flexibility index (Phi) is 13.4. The first-order valence-electron chi connectivity index (χ1n) is 22.3. The summed E-state index contributed by atoms with van der Waals surface area (Å²) >= 11 is 1.63. The molecule has 62 heavy (non-hydrogen) atoms. The van der Waals surface area contributed by atoms with Gasteiger partial charge >= 0.3 is 6.09 Å². The molecule has 5 atom stereocenters. The third-order valence-corrected chi connectivity index (χ3v) is 15.7. The quantitative estimate of drug-likeness (QED) is 0.0861. The topological polar surface area (TPSA) is 205 Å². The number of amides is 4. The number of alkyl carbamates (subject to hydrolysis) is 1. The van der Waals surface area contributed by atoms with Crippen molar-refractivity contribution in [3.05, 3.63) is 41.4 Å². The Balaban J connectivity index is 0.983. The molecule has 4 N–H and O–H groups in total. The van der Waals surface area contributed by atoms with Crippen LogP contribution in [0.2, 0.25) is 0 Å². The van der Waals surface area contributed by atoms with Crippen molar-refractivity contribution in [1.29, 1.82) is 0 Å². The van der Waals surface area contributed by atoms with Gasteiger partial charge < -0.3 is 25.4 Å². The van der Waals surface area contributed by atoms with Crippen LogP contribution in [0.3, 0.4) is 0 Å². The first-order valence-corrected chi connectivity index (χ1v) is 24.7. The van der Waals surface area contributed by atoms with E-state index in [0.717, 1.165) is 46.6 Å².